The fraction of sp³-hybridized carbons (Fsp3) is 0.625. The van der Waals surface area contributed by atoms with E-state index in [0.29, 0.717) is 0 Å². The Bertz CT molecular complexity index is 358. The Labute approximate surface area is 111 Å². The molecule has 1 rings (SSSR count). The third kappa shape index (κ3) is 3.66. The molecule has 0 aliphatic heterocycles. The van der Waals surface area contributed by atoms with Crippen LogP contribution in [0.25, 0.3) is 0 Å². The first-order chi connectivity index (χ1) is 8.78. The highest BCUT2D eigenvalue weighted by atomic mass is 16.5. The van der Waals surface area contributed by atoms with Crippen molar-refractivity contribution < 1.29 is 9.47 Å². The summed E-state index contributed by atoms with van der Waals surface area (Å²) in [6, 6.07) is 4.22. The number of benzene rings is 1. The molecule has 18 heavy (non-hydrogen) atoms. The standard InChI is InChI=1S/C16H26O2/c1-5-7-9-13-11-12-15(17-3)14(10-8-6-2)16(13)18-4/h11-12H,5-10H2,1-4H3. The molecule has 0 aliphatic carbocycles. The van der Waals surface area contributed by atoms with Crippen molar-refractivity contribution in [2.75, 3.05) is 14.2 Å². The summed E-state index contributed by atoms with van der Waals surface area (Å²) in [6.07, 6.45) is 6.89. The molecule has 0 N–H and O–H groups in total. The van der Waals surface area contributed by atoms with Crippen LogP contribution in [0, 0.1) is 0 Å². The van der Waals surface area contributed by atoms with E-state index >= 15 is 0 Å². The zero-order valence-electron chi connectivity index (χ0n) is 12.2. The molecule has 0 fully saturated rings. The van der Waals surface area contributed by atoms with E-state index in [9.17, 15) is 0 Å². The van der Waals surface area contributed by atoms with Gasteiger partial charge in [0.2, 0.25) is 0 Å². The largest absolute Gasteiger partial charge is 0.496 e. The smallest absolute Gasteiger partial charge is 0.128 e. The van der Waals surface area contributed by atoms with Crippen LogP contribution in [-0.2, 0) is 12.8 Å². The number of rotatable bonds is 8. The lowest BCUT2D eigenvalue weighted by atomic mass is 9.99. The molecule has 0 radical (unpaired) electrons. The average molecular weight is 250 g/mol. The van der Waals surface area contributed by atoms with E-state index in [1.807, 2.05) is 0 Å². The maximum absolute atomic E-state index is 5.63. The second-order valence-electron chi connectivity index (χ2n) is 4.65. The number of hydrogen-bond donors (Lipinski definition) is 0. The van der Waals surface area contributed by atoms with E-state index in [1.165, 1.54) is 36.8 Å². The number of hydrogen-bond acceptors (Lipinski definition) is 2. The summed E-state index contributed by atoms with van der Waals surface area (Å²) >= 11 is 0. The highest BCUT2D eigenvalue weighted by Gasteiger charge is 2.14. The molecule has 2 heteroatoms. The van der Waals surface area contributed by atoms with Crippen molar-refractivity contribution in [1.29, 1.82) is 0 Å². The molecule has 0 bridgehead atoms. The minimum absolute atomic E-state index is 0.959. The summed E-state index contributed by atoms with van der Waals surface area (Å²) in [5.74, 6) is 2.00. The Morgan fingerprint density at radius 2 is 1.56 bits per heavy atom. The van der Waals surface area contributed by atoms with Gasteiger partial charge in [-0.15, -0.1) is 0 Å². The quantitative estimate of drug-likeness (QED) is 0.681. The van der Waals surface area contributed by atoms with E-state index in [0.717, 1.165) is 24.3 Å². The van der Waals surface area contributed by atoms with Crippen LogP contribution in [0.3, 0.4) is 0 Å². The van der Waals surface area contributed by atoms with Crippen LogP contribution < -0.4 is 9.47 Å². The van der Waals surface area contributed by atoms with E-state index in [2.05, 4.69) is 26.0 Å². The molecule has 2 nitrogen and oxygen atoms in total. The van der Waals surface area contributed by atoms with Crippen molar-refractivity contribution in [3.63, 3.8) is 0 Å². The Balaban J connectivity index is 3.06. The Morgan fingerprint density at radius 1 is 0.889 bits per heavy atom. The van der Waals surface area contributed by atoms with Crippen LogP contribution in [0.4, 0.5) is 0 Å². The average Bonchev–Trinajstić information content (AvgIpc) is 2.42. The van der Waals surface area contributed by atoms with E-state index < -0.39 is 0 Å². The number of methoxy groups -OCH3 is 2. The van der Waals surface area contributed by atoms with Crippen LogP contribution in [0.15, 0.2) is 12.1 Å². The van der Waals surface area contributed by atoms with Gasteiger partial charge in [0.1, 0.15) is 11.5 Å². The van der Waals surface area contributed by atoms with Gasteiger partial charge in [-0.3, -0.25) is 0 Å². The first-order valence-corrected chi connectivity index (χ1v) is 7.01. The van der Waals surface area contributed by atoms with Crippen LogP contribution in [0.5, 0.6) is 11.5 Å². The van der Waals surface area contributed by atoms with E-state index in [-0.39, 0.29) is 0 Å². The van der Waals surface area contributed by atoms with Crippen LogP contribution in [-0.4, -0.2) is 14.2 Å². The van der Waals surface area contributed by atoms with E-state index in [4.69, 9.17) is 9.47 Å². The van der Waals surface area contributed by atoms with Crippen molar-refractivity contribution in [1.82, 2.24) is 0 Å². The molecular weight excluding hydrogens is 224 g/mol. The lowest BCUT2D eigenvalue weighted by molar-refractivity contribution is 0.380. The van der Waals surface area contributed by atoms with Gasteiger partial charge in [-0.25, -0.2) is 0 Å². The number of unbranched alkanes of at least 4 members (excludes halogenated alkanes) is 2. The van der Waals surface area contributed by atoms with E-state index in [1.54, 1.807) is 14.2 Å². The SMILES string of the molecule is CCCCc1ccc(OC)c(CCCC)c1OC. The second-order valence-corrected chi connectivity index (χ2v) is 4.65. The molecular formula is C16H26O2. The van der Waals surface area contributed by atoms with Crippen LogP contribution >= 0.6 is 0 Å². The summed E-state index contributed by atoms with van der Waals surface area (Å²) in [6.45, 7) is 4.42. The van der Waals surface area contributed by atoms with Crippen molar-refractivity contribution in [2.45, 2.75) is 52.4 Å². The van der Waals surface area contributed by atoms with Gasteiger partial charge in [-0.2, -0.15) is 0 Å². The minimum Gasteiger partial charge on any atom is -0.496 e. The zero-order valence-corrected chi connectivity index (χ0v) is 12.2. The molecule has 0 aliphatic rings. The number of ether oxygens (including phenoxy) is 2. The third-order valence-electron chi connectivity index (χ3n) is 3.30. The van der Waals surface area contributed by atoms with Gasteiger partial charge in [0.25, 0.3) is 0 Å². The third-order valence-corrected chi connectivity index (χ3v) is 3.30. The highest BCUT2D eigenvalue weighted by Crippen LogP contribution is 2.34. The van der Waals surface area contributed by atoms with Crippen molar-refractivity contribution in [2.24, 2.45) is 0 Å². The summed E-state index contributed by atoms with van der Waals surface area (Å²) in [4.78, 5) is 0. The minimum atomic E-state index is 0.959. The molecule has 0 heterocycles. The lowest BCUT2D eigenvalue weighted by Crippen LogP contribution is -2.01. The van der Waals surface area contributed by atoms with Crippen molar-refractivity contribution in [3.8, 4) is 11.5 Å². The Kier molecular flexibility index (Phi) is 6.63. The predicted octanol–water partition coefficient (Wildman–Crippen LogP) is 4.39. The topological polar surface area (TPSA) is 18.5 Å². The van der Waals surface area contributed by atoms with Crippen LogP contribution in [0.2, 0.25) is 0 Å². The molecule has 0 spiro atoms. The van der Waals surface area contributed by atoms with Gasteiger partial charge in [-0.05, 0) is 37.3 Å². The molecule has 0 aromatic heterocycles. The summed E-state index contributed by atoms with van der Waals surface area (Å²) < 4.78 is 11.1. The first-order valence-electron chi connectivity index (χ1n) is 7.01. The Hall–Kier alpha value is -1.18. The molecule has 1 aromatic rings. The maximum atomic E-state index is 5.63. The zero-order chi connectivity index (χ0) is 13.4. The summed E-state index contributed by atoms with van der Waals surface area (Å²) in [7, 11) is 3.50. The molecule has 0 saturated heterocycles. The van der Waals surface area contributed by atoms with Gasteiger partial charge in [-0.1, -0.05) is 32.8 Å². The predicted molar refractivity (Wildman–Crippen MR) is 76.8 cm³/mol. The normalized spacial score (nSPS) is 10.4. The fourth-order valence-electron chi connectivity index (χ4n) is 2.26. The number of aryl methyl sites for hydroxylation is 1. The van der Waals surface area contributed by atoms with Gasteiger partial charge in [0.05, 0.1) is 14.2 Å². The highest BCUT2D eigenvalue weighted by molar-refractivity contribution is 5.50. The van der Waals surface area contributed by atoms with Gasteiger partial charge in [0, 0.05) is 5.56 Å². The molecule has 0 unspecified atom stereocenters. The second kappa shape index (κ2) is 8.02. The molecule has 102 valence electrons. The molecule has 1 aromatic carbocycles. The van der Waals surface area contributed by atoms with Gasteiger partial charge in [0.15, 0.2) is 0 Å². The maximum Gasteiger partial charge on any atom is 0.128 e. The van der Waals surface area contributed by atoms with Crippen molar-refractivity contribution >= 4 is 0 Å². The van der Waals surface area contributed by atoms with Gasteiger partial charge < -0.3 is 9.47 Å². The fourth-order valence-corrected chi connectivity index (χ4v) is 2.26. The first kappa shape index (κ1) is 14.9. The van der Waals surface area contributed by atoms with Crippen molar-refractivity contribution in [3.05, 3.63) is 23.3 Å². The monoisotopic (exact) mass is 250 g/mol. The van der Waals surface area contributed by atoms with Gasteiger partial charge >= 0.3 is 0 Å². The summed E-state index contributed by atoms with van der Waals surface area (Å²) in [5.41, 5.74) is 2.54. The molecule has 0 amide bonds. The molecule has 0 atom stereocenters. The Morgan fingerprint density at radius 3 is 2.11 bits per heavy atom. The lowest BCUT2D eigenvalue weighted by Gasteiger charge is -2.16. The summed E-state index contributed by atoms with van der Waals surface area (Å²) in [5, 5.41) is 0. The molecule has 0 saturated carbocycles. The van der Waals surface area contributed by atoms with Crippen LogP contribution in [0.1, 0.15) is 50.7 Å².